The minimum atomic E-state index is -2.35. The van der Waals surface area contributed by atoms with Crippen molar-refractivity contribution in [2.75, 3.05) is 19.7 Å². The highest BCUT2D eigenvalue weighted by Crippen LogP contribution is 1.85. The fourth-order valence-corrected chi connectivity index (χ4v) is 1.00. The maximum Gasteiger partial charge on any atom is 0.0842 e. The molecule has 4 nitrogen and oxygen atoms in total. The molecular formula is C7H16NO3S-. The van der Waals surface area contributed by atoms with Crippen molar-refractivity contribution in [3.63, 3.8) is 0 Å². The van der Waals surface area contributed by atoms with E-state index in [-0.39, 0.29) is 6.61 Å². The van der Waals surface area contributed by atoms with Crippen molar-refractivity contribution in [3.05, 3.63) is 0 Å². The Morgan fingerprint density at radius 2 is 2.08 bits per heavy atom. The zero-order chi connectivity index (χ0) is 9.23. The van der Waals surface area contributed by atoms with Crippen LogP contribution in [0.4, 0.5) is 0 Å². The summed E-state index contributed by atoms with van der Waals surface area (Å²) in [4.78, 5) is 0. The summed E-state index contributed by atoms with van der Waals surface area (Å²) in [5.41, 5.74) is 0. The second kappa shape index (κ2) is 9.12. The van der Waals surface area contributed by atoms with E-state index < -0.39 is 11.4 Å². The summed E-state index contributed by atoms with van der Waals surface area (Å²) >= 11 is -2.35. The average Bonchev–Trinajstić information content (AvgIpc) is 2.02. The summed E-state index contributed by atoms with van der Waals surface area (Å²) in [7, 11) is 0. The molecule has 0 aromatic carbocycles. The molecule has 0 aromatic rings. The van der Waals surface area contributed by atoms with E-state index in [1.807, 2.05) is 0 Å². The first-order chi connectivity index (χ1) is 5.77. The molecule has 0 radical (unpaired) electrons. The van der Waals surface area contributed by atoms with Crippen molar-refractivity contribution in [3.8, 4) is 0 Å². The van der Waals surface area contributed by atoms with Crippen LogP contribution in [0.5, 0.6) is 0 Å². The third-order valence-electron chi connectivity index (χ3n) is 1.38. The SMILES string of the molecule is CCCCNCCCOS(=O)[O-]. The van der Waals surface area contributed by atoms with E-state index in [9.17, 15) is 8.76 Å². The van der Waals surface area contributed by atoms with E-state index in [1.165, 1.54) is 6.42 Å². The van der Waals surface area contributed by atoms with Gasteiger partial charge < -0.3 is 14.1 Å². The van der Waals surface area contributed by atoms with Gasteiger partial charge in [0.2, 0.25) is 0 Å². The zero-order valence-corrected chi connectivity index (χ0v) is 8.19. The van der Waals surface area contributed by atoms with Crippen molar-refractivity contribution in [2.24, 2.45) is 0 Å². The smallest absolute Gasteiger partial charge is 0.0842 e. The van der Waals surface area contributed by atoms with Crippen molar-refractivity contribution in [1.82, 2.24) is 5.32 Å². The largest absolute Gasteiger partial charge is 0.750 e. The first-order valence-electron chi connectivity index (χ1n) is 4.20. The van der Waals surface area contributed by atoms with Crippen LogP contribution in [0, 0.1) is 0 Å². The lowest BCUT2D eigenvalue weighted by molar-refractivity contribution is 0.293. The zero-order valence-electron chi connectivity index (χ0n) is 7.38. The summed E-state index contributed by atoms with van der Waals surface area (Å²) in [6.07, 6.45) is 3.07. The van der Waals surface area contributed by atoms with E-state index >= 15 is 0 Å². The van der Waals surface area contributed by atoms with Crippen LogP contribution in [0.15, 0.2) is 0 Å². The fraction of sp³-hybridized carbons (Fsp3) is 1.00. The van der Waals surface area contributed by atoms with Gasteiger partial charge >= 0.3 is 0 Å². The Morgan fingerprint density at radius 1 is 1.42 bits per heavy atom. The van der Waals surface area contributed by atoms with Gasteiger partial charge in [0.15, 0.2) is 0 Å². The lowest BCUT2D eigenvalue weighted by atomic mass is 10.3. The number of unbranched alkanes of at least 4 members (excludes halogenated alkanes) is 1. The Hall–Kier alpha value is 0.0300. The summed E-state index contributed by atoms with van der Waals surface area (Å²) in [6.45, 7) is 4.22. The second-order valence-corrected chi connectivity index (χ2v) is 3.13. The van der Waals surface area contributed by atoms with Crippen LogP contribution in [0.25, 0.3) is 0 Å². The molecular weight excluding hydrogens is 178 g/mol. The van der Waals surface area contributed by atoms with E-state index in [4.69, 9.17) is 0 Å². The average molecular weight is 194 g/mol. The van der Waals surface area contributed by atoms with Gasteiger partial charge in [-0.05, 0) is 25.9 Å². The van der Waals surface area contributed by atoms with Crippen LogP contribution >= 0.6 is 0 Å². The monoisotopic (exact) mass is 194 g/mol. The Labute approximate surface area is 76.2 Å². The van der Waals surface area contributed by atoms with Crippen molar-refractivity contribution in [2.45, 2.75) is 26.2 Å². The lowest BCUT2D eigenvalue weighted by Crippen LogP contribution is -2.18. The highest BCUT2D eigenvalue weighted by molar-refractivity contribution is 7.74. The quantitative estimate of drug-likeness (QED) is 0.453. The molecule has 0 aliphatic heterocycles. The van der Waals surface area contributed by atoms with Gasteiger partial charge in [-0.15, -0.1) is 0 Å². The molecule has 0 aliphatic carbocycles. The molecule has 0 spiro atoms. The predicted molar refractivity (Wildman–Crippen MR) is 47.3 cm³/mol. The summed E-state index contributed by atoms with van der Waals surface area (Å²) in [5, 5.41) is 3.18. The van der Waals surface area contributed by atoms with Gasteiger partial charge in [0, 0.05) is 0 Å². The van der Waals surface area contributed by atoms with Gasteiger partial charge in [0.05, 0.1) is 18.0 Å². The molecule has 5 heteroatoms. The Bertz CT molecular complexity index is 121. The van der Waals surface area contributed by atoms with Gasteiger partial charge in [0.1, 0.15) is 0 Å². The molecule has 1 atom stereocenters. The van der Waals surface area contributed by atoms with Crippen LogP contribution in [0.3, 0.4) is 0 Å². The summed E-state index contributed by atoms with van der Waals surface area (Å²) in [5.74, 6) is 0. The highest BCUT2D eigenvalue weighted by Gasteiger charge is 1.88. The van der Waals surface area contributed by atoms with Crippen LogP contribution in [0.1, 0.15) is 26.2 Å². The molecule has 0 saturated carbocycles. The van der Waals surface area contributed by atoms with Gasteiger partial charge in [0.25, 0.3) is 0 Å². The first-order valence-corrected chi connectivity index (χ1v) is 5.20. The van der Waals surface area contributed by atoms with Gasteiger partial charge in [-0.3, -0.25) is 0 Å². The van der Waals surface area contributed by atoms with Crippen molar-refractivity contribution >= 4 is 11.4 Å². The fourth-order valence-electron chi connectivity index (χ4n) is 0.751. The van der Waals surface area contributed by atoms with E-state index in [1.54, 1.807) is 0 Å². The molecule has 0 aromatic heterocycles. The van der Waals surface area contributed by atoms with E-state index in [2.05, 4.69) is 16.4 Å². The normalized spacial score (nSPS) is 13.2. The van der Waals surface area contributed by atoms with Gasteiger partial charge in [-0.25, -0.2) is 4.21 Å². The van der Waals surface area contributed by atoms with Crippen LogP contribution in [-0.2, 0) is 15.5 Å². The Morgan fingerprint density at radius 3 is 2.67 bits per heavy atom. The van der Waals surface area contributed by atoms with Crippen molar-refractivity contribution < 1.29 is 12.9 Å². The van der Waals surface area contributed by atoms with Crippen LogP contribution in [0.2, 0.25) is 0 Å². The van der Waals surface area contributed by atoms with Gasteiger partial charge in [-0.2, -0.15) is 0 Å². The minimum absolute atomic E-state index is 0.273. The molecule has 0 fully saturated rings. The molecule has 1 unspecified atom stereocenters. The Kier molecular flexibility index (Phi) is 9.14. The third-order valence-corrected chi connectivity index (χ3v) is 1.74. The third kappa shape index (κ3) is 10.0. The van der Waals surface area contributed by atoms with E-state index in [0.717, 1.165) is 25.9 Å². The molecule has 0 heterocycles. The molecule has 0 bridgehead atoms. The number of hydrogen-bond acceptors (Lipinski definition) is 4. The number of hydrogen-bond donors (Lipinski definition) is 1. The standard InChI is InChI=1S/C7H17NO3S/c1-2-3-5-8-6-4-7-11-12(9)10/h8H,2-7H2,1H3,(H,9,10)/p-1. The first kappa shape index (κ1) is 12.0. The second-order valence-electron chi connectivity index (χ2n) is 2.48. The van der Waals surface area contributed by atoms with Crippen LogP contribution in [-0.4, -0.2) is 28.5 Å². The molecule has 0 saturated heterocycles. The van der Waals surface area contributed by atoms with E-state index in [0.29, 0.717) is 0 Å². The summed E-state index contributed by atoms with van der Waals surface area (Å²) < 4.78 is 24.1. The summed E-state index contributed by atoms with van der Waals surface area (Å²) in [6, 6.07) is 0. The molecule has 0 aliphatic rings. The molecule has 1 N–H and O–H groups in total. The highest BCUT2D eigenvalue weighted by atomic mass is 32.2. The van der Waals surface area contributed by atoms with Crippen molar-refractivity contribution in [1.29, 1.82) is 0 Å². The topological polar surface area (TPSA) is 61.4 Å². The van der Waals surface area contributed by atoms with Gasteiger partial charge in [-0.1, -0.05) is 13.3 Å². The minimum Gasteiger partial charge on any atom is -0.750 e. The predicted octanol–water partition coefficient (Wildman–Crippen LogP) is 0.577. The number of nitrogens with one attached hydrogen (secondary N) is 1. The van der Waals surface area contributed by atoms with Crippen LogP contribution < -0.4 is 5.32 Å². The maximum atomic E-state index is 9.89. The molecule has 74 valence electrons. The molecule has 0 amide bonds. The molecule has 0 rings (SSSR count). The lowest BCUT2D eigenvalue weighted by Gasteiger charge is -2.05. The number of rotatable bonds is 8. The Balaban J connectivity index is 2.86. The molecule has 12 heavy (non-hydrogen) atoms. The maximum absolute atomic E-state index is 9.89.